The number of benzene rings is 1. The fraction of sp³-hybridized carbons (Fsp3) is 0.625. The molecule has 1 unspecified atom stereocenters. The number of nitrogens with zero attached hydrogens (tertiary/aromatic N) is 1. The van der Waals surface area contributed by atoms with E-state index in [2.05, 4.69) is 35.2 Å². The highest BCUT2D eigenvalue weighted by molar-refractivity contribution is 5.14. The molecule has 2 N–H and O–H groups in total. The molecule has 0 heterocycles. The van der Waals surface area contributed by atoms with Gasteiger partial charge in [-0.3, -0.25) is 4.90 Å². The van der Waals surface area contributed by atoms with E-state index in [-0.39, 0.29) is 6.04 Å². The van der Waals surface area contributed by atoms with Crippen LogP contribution in [0.4, 0.5) is 0 Å². The second kappa shape index (κ2) is 7.63. The molecule has 1 atom stereocenters. The van der Waals surface area contributed by atoms with Crippen LogP contribution < -0.4 is 5.73 Å². The molecule has 1 aromatic rings. The SMILES string of the molecule is COCCN(CC(N)CCc1ccccc1)C1CC1. The summed E-state index contributed by atoms with van der Waals surface area (Å²) < 4.78 is 5.18. The van der Waals surface area contributed by atoms with E-state index >= 15 is 0 Å². The molecule has 3 heteroatoms. The Bertz CT molecular complexity index is 351. The van der Waals surface area contributed by atoms with E-state index in [4.69, 9.17) is 10.5 Å². The van der Waals surface area contributed by atoms with Gasteiger partial charge in [0.05, 0.1) is 6.61 Å². The molecular formula is C16H26N2O. The van der Waals surface area contributed by atoms with Gasteiger partial charge in [0.25, 0.3) is 0 Å². The highest BCUT2D eigenvalue weighted by atomic mass is 16.5. The van der Waals surface area contributed by atoms with E-state index < -0.39 is 0 Å². The minimum atomic E-state index is 0.262. The molecule has 0 aliphatic heterocycles. The standard InChI is InChI=1S/C16H26N2O/c1-19-12-11-18(16-9-10-16)13-15(17)8-7-14-5-3-2-4-6-14/h2-6,15-16H,7-13,17H2,1H3. The first-order chi connectivity index (χ1) is 9.29. The van der Waals surface area contributed by atoms with Crippen LogP contribution in [0, 0.1) is 0 Å². The van der Waals surface area contributed by atoms with E-state index in [1.165, 1.54) is 18.4 Å². The van der Waals surface area contributed by atoms with Gasteiger partial charge in [0.15, 0.2) is 0 Å². The van der Waals surface area contributed by atoms with Gasteiger partial charge in [0.1, 0.15) is 0 Å². The monoisotopic (exact) mass is 262 g/mol. The zero-order chi connectivity index (χ0) is 13.5. The van der Waals surface area contributed by atoms with Gasteiger partial charge in [-0.1, -0.05) is 30.3 Å². The second-order valence-electron chi connectivity index (χ2n) is 5.50. The smallest absolute Gasteiger partial charge is 0.0589 e. The molecule has 0 amide bonds. The van der Waals surface area contributed by atoms with Crippen molar-refractivity contribution in [2.24, 2.45) is 5.73 Å². The highest BCUT2D eigenvalue weighted by Crippen LogP contribution is 2.26. The summed E-state index contributed by atoms with van der Waals surface area (Å²) in [7, 11) is 1.76. The molecule has 19 heavy (non-hydrogen) atoms. The quantitative estimate of drug-likeness (QED) is 0.740. The fourth-order valence-corrected chi connectivity index (χ4v) is 2.46. The number of hydrogen-bond donors (Lipinski definition) is 1. The lowest BCUT2D eigenvalue weighted by Crippen LogP contribution is -2.40. The molecule has 1 aliphatic carbocycles. The predicted octanol–water partition coefficient (Wildman–Crippen LogP) is 2.06. The van der Waals surface area contributed by atoms with Crippen LogP contribution in [0.1, 0.15) is 24.8 Å². The zero-order valence-electron chi connectivity index (χ0n) is 11.9. The predicted molar refractivity (Wildman–Crippen MR) is 79.2 cm³/mol. The van der Waals surface area contributed by atoms with Gasteiger partial charge in [0, 0.05) is 32.3 Å². The number of aryl methyl sites for hydroxylation is 1. The van der Waals surface area contributed by atoms with Crippen LogP contribution in [0.3, 0.4) is 0 Å². The molecule has 2 rings (SSSR count). The van der Waals surface area contributed by atoms with Gasteiger partial charge < -0.3 is 10.5 Å². The van der Waals surface area contributed by atoms with Crippen LogP contribution in [0.25, 0.3) is 0 Å². The van der Waals surface area contributed by atoms with Gasteiger partial charge in [0.2, 0.25) is 0 Å². The molecule has 0 bridgehead atoms. The summed E-state index contributed by atoms with van der Waals surface area (Å²) in [6.07, 6.45) is 4.79. The van der Waals surface area contributed by atoms with E-state index in [1.54, 1.807) is 7.11 Å². The van der Waals surface area contributed by atoms with Gasteiger partial charge in [-0.15, -0.1) is 0 Å². The van der Waals surface area contributed by atoms with E-state index in [1.807, 2.05) is 0 Å². The number of methoxy groups -OCH3 is 1. The minimum absolute atomic E-state index is 0.262. The summed E-state index contributed by atoms with van der Waals surface area (Å²) in [5.41, 5.74) is 7.66. The van der Waals surface area contributed by atoms with Crippen molar-refractivity contribution in [2.75, 3.05) is 26.8 Å². The van der Waals surface area contributed by atoms with Gasteiger partial charge in [-0.2, -0.15) is 0 Å². The lowest BCUT2D eigenvalue weighted by atomic mass is 10.1. The van der Waals surface area contributed by atoms with Crippen molar-refractivity contribution in [1.29, 1.82) is 0 Å². The van der Waals surface area contributed by atoms with Crippen LogP contribution in [0.15, 0.2) is 30.3 Å². The average Bonchev–Trinajstić information content (AvgIpc) is 3.27. The summed E-state index contributed by atoms with van der Waals surface area (Å²) in [4.78, 5) is 2.50. The van der Waals surface area contributed by atoms with Crippen LogP contribution in [0.2, 0.25) is 0 Å². The molecule has 1 fully saturated rings. The third-order valence-corrected chi connectivity index (χ3v) is 3.76. The maximum absolute atomic E-state index is 6.28. The Labute approximate surface area is 116 Å². The summed E-state index contributed by atoms with van der Waals surface area (Å²) in [6, 6.07) is 11.6. The first kappa shape index (κ1) is 14.5. The minimum Gasteiger partial charge on any atom is -0.383 e. The number of hydrogen-bond acceptors (Lipinski definition) is 3. The van der Waals surface area contributed by atoms with Crippen molar-refractivity contribution in [1.82, 2.24) is 4.90 Å². The van der Waals surface area contributed by atoms with Crippen molar-refractivity contribution in [3.05, 3.63) is 35.9 Å². The maximum Gasteiger partial charge on any atom is 0.0589 e. The Hall–Kier alpha value is -0.900. The Kier molecular flexibility index (Phi) is 5.83. The number of nitrogens with two attached hydrogens (primary N) is 1. The fourth-order valence-electron chi connectivity index (χ4n) is 2.46. The Morgan fingerprint density at radius 2 is 2.05 bits per heavy atom. The summed E-state index contributed by atoms with van der Waals surface area (Å²) in [6.45, 7) is 2.82. The molecular weight excluding hydrogens is 236 g/mol. The molecule has 0 spiro atoms. The highest BCUT2D eigenvalue weighted by Gasteiger charge is 2.29. The third kappa shape index (κ3) is 5.31. The topological polar surface area (TPSA) is 38.5 Å². The molecule has 106 valence electrons. The van der Waals surface area contributed by atoms with Crippen molar-refractivity contribution < 1.29 is 4.74 Å². The zero-order valence-corrected chi connectivity index (χ0v) is 11.9. The number of rotatable bonds is 9. The van der Waals surface area contributed by atoms with E-state index in [9.17, 15) is 0 Å². The van der Waals surface area contributed by atoms with Crippen LogP contribution in [-0.4, -0.2) is 43.8 Å². The van der Waals surface area contributed by atoms with E-state index in [0.29, 0.717) is 0 Å². The van der Waals surface area contributed by atoms with Crippen molar-refractivity contribution >= 4 is 0 Å². The molecule has 1 aromatic carbocycles. The molecule has 3 nitrogen and oxygen atoms in total. The summed E-state index contributed by atoms with van der Waals surface area (Å²) in [5.74, 6) is 0. The Morgan fingerprint density at radius 3 is 2.68 bits per heavy atom. The first-order valence-electron chi connectivity index (χ1n) is 7.32. The summed E-state index contributed by atoms with van der Waals surface area (Å²) in [5, 5.41) is 0. The van der Waals surface area contributed by atoms with Crippen LogP contribution in [-0.2, 0) is 11.2 Å². The molecule has 0 radical (unpaired) electrons. The average molecular weight is 262 g/mol. The molecule has 0 saturated heterocycles. The second-order valence-corrected chi connectivity index (χ2v) is 5.50. The van der Waals surface area contributed by atoms with Gasteiger partial charge in [-0.25, -0.2) is 0 Å². The molecule has 1 aliphatic rings. The number of ether oxygens (including phenoxy) is 1. The third-order valence-electron chi connectivity index (χ3n) is 3.76. The van der Waals surface area contributed by atoms with E-state index in [0.717, 1.165) is 38.6 Å². The molecule has 0 aromatic heterocycles. The van der Waals surface area contributed by atoms with Crippen LogP contribution >= 0.6 is 0 Å². The maximum atomic E-state index is 6.28. The molecule has 1 saturated carbocycles. The Balaban J connectivity index is 1.71. The first-order valence-corrected chi connectivity index (χ1v) is 7.32. The summed E-state index contributed by atoms with van der Waals surface area (Å²) >= 11 is 0. The lowest BCUT2D eigenvalue weighted by molar-refractivity contribution is 0.138. The Morgan fingerprint density at radius 1 is 1.32 bits per heavy atom. The van der Waals surface area contributed by atoms with Crippen molar-refractivity contribution in [3.63, 3.8) is 0 Å². The van der Waals surface area contributed by atoms with Gasteiger partial charge >= 0.3 is 0 Å². The van der Waals surface area contributed by atoms with Crippen LogP contribution in [0.5, 0.6) is 0 Å². The van der Waals surface area contributed by atoms with Gasteiger partial charge in [-0.05, 0) is 31.2 Å². The van der Waals surface area contributed by atoms with Crippen molar-refractivity contribution in [2.45, 2.75) is 37.8 Å². The lowest BCUT2D eigenvalue weighted by Gasteiger charge is -2.25. The largest absolute Gasteiger partial charge is 0.383 e. The van der Waals surface area contributed by atoms with Crippen molar-refractivity contribution in [3.8, 4) is 0 Å². The normalized spacial score (nSPS) is 16.8.